The number of hydrogen-bond acceptors (Lipinski definition) is 7. The third-order valence-electron chi connectivity index (χ3n) is 6.25. The van der Waals surface area contributed by atoms with E-state index in [2.05, 4.69) is 10.1 Å². The maximum absolute atomic E-state index is 13.9. The van der Waals surface area contributed by atoms with E-state index >= 15 is 0 Å². The Bertz CT molecular complexity index is 1830. The van der Waals surface area contributed by atoms with Gasteiger partial charge in [0.15, 0.2) is 0 Å². The van der Waals surface area contributed by atoms with Crippen molar-refractivity contribution >= 4 is 54.5 Å². The second-order valence-electron chi connectivity index (χ2n) is 9.00. The second-order valence-corrected chi connectivity index (χ2v) is 11.9. The predicted molar refractivity (Wildman–Crippen MR) is 165 cm³/mol. The number of benzene rings is 4. The Morgan fingerprint density at radius 1 is 0.976 bits per heavy atom. The molecule has 0 N–H and O–H groups in total. The van der Waals surface area contributed by atoms with Gasteiger partial charge in [-0.3, -0.25) is 9.10 Å². The number of halogens is 1. The Labute approximate surface area is 247 Å². The van der Waals surface area contributed by atoms with Gasteiger partial charge < -0.3 is 4.74 Å². The van der Waals surface area contributed by atoms with Crippen molar-refractivity contribution in [1.82, 2.24) is 4.98 Å². The summed E-state index contributed by atoms with van der Waals surface area (Å²) in [6.07, 6.45) is 1.51. The van der Waals surface area contributed by atoms with E-state index in [0.29, 0.717) is 33.8 Å². The molecule has 11 heteroatoms. The molecule has 214 valence electrons. The molecule has 0 fully saturated rings. The zero-order chi connectivity index (χ0) is 29.7. The molecular weight excluding hydrogens is 575 g/mol. The highest BCUT2D eigenvalue weighted by molar-refractivity contribution is 7.92. The van der Waals surface area contributed by atoms with E-state index in [1.54, 1.807) is 55.5 Å². The van der Waals surface area contributed by atoms with Crippen molar-refractivity contribution < 1.29 is 22.3 Å². The third kappa shape index (κ3) is 6.17. The Morgan fingerprint density at radius 2 is 1.69 bits per heavy atom. The number of rotatable bonds is 10. The van der Waals surface area contributed by atoms with Gasteiger partial charge in [-0.25, -0.2) is 17.8 Å². The average molecular weight is 603 g/mol. The summed E-state index contributed by atoms with van der Waals surface area (Å²) in [5, 5.41) is 5.80. The number of anilines is 2. The van der Waals surface area contributed by atoms with Gasteiger partial charge >= 0.3 is 0 Å². The number of carbonyl (C=O) groups excluding carboxylic acids is 1. The maximum atomic E-state index is 13.9. The molecule has 0 aliphatic carbocycles. The summed E-state index contributed by atoms with van der Waals surface area (Å²) in [5.41, 5.74) is 1.98. The van der Waals surface area contributed by atoms with Crippen LogP contribution in [0.2, 0.25) is 0 Å². The summed E-state index contributed by atoms with van der Waals surface area (Å²) in [6, 6.07) is 25.9. The van der Waals surface area contributed by atoms with Crippen LogP contribution in [0.3, 0.4) is 0 Å². The number of nitrogens with zero attached hydrogens (tertiary/aromatic N) is 4. The molecule has 0 radical (unpaired) electrons. The quantitative estimate of drug-likeness (QED) is 0.131. The van der Waals surface area contributed by atoms with Crippen molar-refractivity contribution in [3.63, 3.8) is 0 Å². The monoisotopic (exact) mass is 602 g/mol. The largest absolute Gasteiger partial charge is 0.494 e. The topological polar surface area (TPSA) is 92.2 Å². The number of aromatic nitrogens is 1. The molecule has 0 aliphatic rings. The van der Waals surface area contributed by atoms with Crippen molar-refractivity contribution in [2.75, 3.05) is 22.5 Å². The van der Waals surface area contributed by atoms with Crippen LogP contribution >= 0.6 is 11.3 Å². The first-order chi connectivity index (χ1) is 20.3. The molecule has 1 amide bonds. The SMILES string of the molecule is CCOc1ccc(/C=N/N(C(=O)c2ccc(S(=O)(=O)N(CC)c3ccccc3)cc2)c2nc3ccc(F)cc3s2)cc1. The lowest BCUT2D eigenvalue weighted by Crippen LogP contribution is -2.31. The van der Waals surface area contributed by atoms with Crippen molar-refractivity contribution in [3.05, 3.63) is 114 Å². The number of fused-ring (bicyclic) bond motifs is 1. The molecule has 1 heterocycles. The van der Waals surface area contributed by atoms with Crippen LogP contribution in [-0.4, -0.2) is 38.7 Å². The number of ether oxygens (including phenoxy) is 1. The molecular formula is C31H27FN4O4S2. The summed E-state index contributed by atoms with van der Waals surface area (Å²) in [7, 11) is -3.87. The zero-order valence-corrected chi connectivity index (χ0v) is 24.5. The molecule has 0 atom stereocenters. The van der Waals surface area contributed by atoms with E-state index in [1.165, 1.54) is 53.0 Å². The fourth-order valence-corrected chi connectivity index (χ4v) is 6.63. The molecule has 0 aliphatic heterocycles. The van der Waals surface area contributed by atoms with Gasteiger partial charge in [-0.15, -0.1) is 0 Å². The lowest BCUT2D eigenvalue weighted by atomic mass is 10.2. The molecule has 1 aromatic heterocycles. The van der Waals surface area contributed by atoms with Gasteiger partial charge in [-0.1, -0.05) is 29.5 Å². The minimum absolute atomic E-state index is 0.0460. The van der Waals surface area contributed by atoms with Gasteiger partial charge in [-0.2, -0.15) is 10.1 Å². The van der Waals surface area contributed by atoms with Crippen LogP contribution in [0.25, 0.3) is 10.2 Å². The zero-order valence-electron chi connectivity index (χ0n) is 22.8. The van der Waals surface area contributed by atoms with Crippen LogP contribution in [0, 0.1) is 5.82 Å². The first-order valence-corrected chi connectivity index (χ1v) is 15.4. The Morgan fingerprint density at radius 3 is 2.36 bits per heavy atom. The van der Waals surface area contributed by atoms with E-state index in [1.807, 2.05) is 13.0 Å². The molecule has 0 spiro atoms. The minimum Gasteiger partial charge on any atom is -0.494 e. The molecule has 0 saturated carbocycles. The number of para-hydroxylation sites is 1. The minimum atomic E-state index is -3.87. The Kier molecular flexibility index (Phi) is 8.60. The van der Waals surface area contributed by atoms with E-state index < -0.39 is 21.7 Å². The summed E-state index contributed by atoms with van der Waals surface area (Å²) in [6.45, 7) is 4.43. The highest BCUT2D eigenvalue weighted by Gasteiger charge is 2.25. The number of hydrogen-bond donors (Lipinski definition) is 0. The smallest absolute Gasteiger partial charge is 0.280 e. The van der Waals surface area contributed by atoms with E-state index in [4.69, 9.17) is 4.74 Å². The highest BCUT2D eigenvalue weighted by Crippen LogP contribution is 2.31. The molecule has 0 unspecified atom stereocenters. The van der Waals surface area contributed by atoms with Crippen molar-refractivity contribution in [2.45, 2.75) is 18.7 Å². The van der Waals surface area contributed by atoms with Gasteiger partial charge in [-0.05, 0) is 98.3 Å². The standard InChI is InChI=1S/C31H27FN4O4S2/c1-3-35(25-8-6-5-7-9-25)42(38,39)27-17-12-23(13-18-27)30(37)36(31-34-28-19-14-24(32)20-29(28)41-31)33-21-22-10-15-26(16-11-22)40-4-2/h5-21H,3-4H2,1-2H3/b33-21+. The highest BCUT2D eigenvalue weighted by atomic mass is 32.2. The normalized spacial score (nSPS) is 11.6. The Hall–Kier alpha value is -4.61. The fraction of sp³-hybridized carbons (Fsp3) is 0.129. The summed E-state index contributed by atoms with van der Waals surface area (Å²) in [4.78, 5) is 18.3. The molecule has 0 saturated heterocycles. The second kappa shape index (κ2) is 12.5. The summed E-state index contributed by atoms with van der Waals surface area (Å²) < 4.78 is 48.0. The van der Waals surface area contributed by atoms with Gasteiger partial charge in [0.2, 0.25) is 5.13 Å². The Balaban J connectivity index is 1.47. The lowest BCUT2D eigenvalue weighted by molar-refractivity contribution is 0.0987. The first kappa shape index (κ1) is 28.9. The molecule has 0 bridgehead atoms. The van der Waals surface area contributed by atoms with Crippen molar-refractivity contribution in [2.24, 2.45) is 5.10 Å². The molecule has 5 aromatic rings. The molecule has 42 heavy (non-hydrogen) atoms. The average Bonchev–Trinajstić information content (AvgIpc) is 3.42. The summed E-state index contributed by atoms with van der Waals surface area (Å²) in [5.74, 6) is -0.238. The van der Waals surface area contributed by atoms with Crippen LogP contribution < -0.4 is 14.1 Å². The third-order valence-corrected chi connectivity index (χ3v) is 9.16. The van der Waals surface area contributed by atoms with Crippen LogP contribution in [-0.2, 0) is 10.0 Å². The number of amides is 1. The van der Waals surface area contributed by atoms with Crippen LogP contribution in [0.1, 0.15) is 29.8 Å². The maximum Gasteiger partial charge on any atom is 0.280 e. The first-order valence-electron chi connectivity index (χ1n) is 13.2. The van der Waals surface area contributed by atoms with Crippen LogP contribution in [0.15, 0.2) is 107 Å². The fourth-order valence-electron chi connectivity index (χ4n) is 4.21. The lowest BCUT2D eigenvalue weighted by Gasteiger charge is -2.23. The van der Waals surface area contributed by atoms with Crippen LogP contribution in [0.4, 0.5) is 15.2 Å². The molecule has 8 nitrogen and oxygen atoms in total. The van der Waals surface area contributed by atoms with Gasteiger partial charge in [0.1, 0.15) is 11.6 Å². The molecule has 5 rings (SSSR count). The number of sulfonamides is 1. The van der Waals surface area contributed by atoms with Gasteiger partial charge in [0.25, 0.3) is 15.9 Å². The van der Waals surface area contributed by atoms with Crippen molar-refractivity contribution in [3.8, 4) is 5.75 Å². The van der Waals surface area contributed by atoms with Crippen molar-refractivity contribution in [1.29, 1.82) is 0 Å². The van der Waals surface area contributed by atoms with E-state index in [-0.39, 0.29) is 22.1 Å². The molecule has 4 aromatic carbocycles. The predicted octanol–water partition coefficient (Wildman–Crippen LogP) is 6.73. The van der Waals surface area contributed by atoms with Gasteiger partial charge in [0, 0.05) is 12.1 Å². The number of hydrazone groups is 1. The van der Waals surface area contributed by atoms with E-state index in [9.17, 15) is 17.6 Å². The van der Waals surface area contributed by atoms with Gasteiger partial charge in [0.05, 0.1) is 33.6 Å². The summed E-state index contributed by atoms with van der Waals surface area (Å²) >= 11 is 1.12. The number of carbonyl (C=O) groups is 1. The number of thiazole rings is 1. The van der Waals surface area contributed by atoms with Crippen LogP contribution in [0.5, 0.6) is 5.75 Å². The van der Waals surface area contributed by atoms with E-state index in [0.717, 1.165) is 16.3 Å².